The Kier molecular flexibility index (Phi) is 4.06. The van der Waals surface area contributed by atoms with E-state index in [1.165, 1.54) is 12.8 Å². The summed E-state index contributed by atoms with van der Waals surface area (Å²) < 4.78 is 0. The van der Waals surface area contributed by atoms with Crippen molar-refractivity contribution in [2.75, 3.05) is 6.26 Å². The Bertz CT molecular complexity index is 184. The van der Waals surface area contributed by atoms with E-state index >= 15 is 0 Å². The quantitative estimate of drug-likeness (QED) is 0.709. The molecule has 4 heteroatoms. The molecule has 1 amide bonds. The third kappa shape index (κ3) is 2.88. The topological polar surface area (TPSA) is 55.1 Å². The molecule has 0 heterocycles. The van der Waals surface area contributed by atoms with Crippen LogP contribution >= 0.6 is 11.8 Å². The van der Waals surface area contributed by atoms with Gasteiger partial charge in [-0.05, 0) is 26.0 Å². The predicted molar refractivity (Wildman–Crippen MR) is 56.7 cm³/mol. The van der Waals surface area contributed by atoms with E-state index in [1.807, 2.05) is 11.8 Å². The molecule has 2 unspecified atom stereocenters. The molecule has 1 rings (SSSR count). The van der Waals surface area contributed by atoms with Gasteiger partial charge in [0.25, 0.3) is 0 Å². The maximum absolute atomic E-state index is 11.3. The van der Waals surface area contributed by atoms with Crippen LogP contribution in [-0.4, -0.2) is 29.5 Å². The first-order valence-corrected chi connectivity index (χ1v) is 6.02. The second kappa shape index (κ2) is 4.86. The van der Waals surface area contributed by atoms with Crippen LogP contribution in [0.15, 0.2) is 0 Å². The Morgan fingerprint density at radius 2 is 2.31 bits per heavy atom. The minimum absolute atomic E-state index is 0.0223. The van der Waals surface area contributed by atoms with Crippen LogP contribution in [0.25, 0.3) is 0 Å². The van der Waals surface area contributed by atoms with E-state index in [1.54, 1.807) is 6.92 Å². The van der Waals surface area contributed by atoms with Crippen molar-refractivity contribution in [1.29, 1.82) is 0 Å². The number of hydrogen-bond acceptors (Lipinski definition) is 3. The Labute approximate surface area is 83.8 Å². The number of rotatable bonds is 3. The summed E-state index contributed by atoms with van der Waals surface area (Å²) in [5.74, 6) is -0.0223. The van der Waals surface area contributed by atoms with Gasteiger partial charge < -0.3 is 11.1 Å². The zero-order valence-corrected chi connectivity index (χ0v) is 9.06. The number of thioether (sulfide) groups is 1. The Morgan fingerprint density at radius 1 is 1.62 bits per heavy atom. The van der Waals surface area contributed by atoms with Crippen molar-refractivity contribution in [2.45, 2.75) is 43.5 Å². The normalized spacial score (nSPS) is 30.1. The maximum atomic E-state index is 11.3. The van der Waals surface area contributed by atoms with E-state index in [2.05, 4.69) is 11.6 Å². The minimum atomic E-state index is -0.386. The molecule has 1 saturated carbocycles. The SMILES string of the molecule is CSC1CCCC1NC(=O)[C@H](C)N. The third-order valence-electron chi connectivity index (χ3n) is 2.50. The van der Waals surface area contributed by atoms with E-state index in [9.17, 15) is 4.79 Å². The van der Waals surface area contributed by atoms with Crippen molar-refractivity contribution in [3.05, 3.63) is 0 Å². The summed E-state index contributed by atoms with van der Waals surface area (Å²) in [7, 11) is 0. The van der Waals surface area contributed by atoms with Crippen molar-refractivity contribution in [3.63, 3.8) is 0 Å². The van der Waals surface area contributed by atoms with Crippen LogP contribution < -0.4 is 11.1 Å². The molecule has 0 radical (unpaired) electrons. The van der Waals surface area contributed by atoms with Crippen LogP contribution in [0.1, 0.15) is 26.2 Å². The summed E-state index contributed by atoms with van der Waals surface area (Å²) in [5.41, 5.74) is 5.48. The highest BCUT2D eigenvalue weighted by atomic mass is 32.2. The van der Waals surface area contributed by atoms with Crippen LogP contribution in [-0.2, 0) is 4.79 Å². The fourth-order valence-electron chi connectivity index (χ4n) is 1.69. The Balaban J connectivity index is 2.39. The molecule has 3 nitrogen and oxygen atoms in total. The summed E-state index contributed by atoms with van der Waals surface area (Å²) in [6, 6.07) is -0.0448. The van der Waals surface area contributed by atoms with Crippen molar-refractivity contribution in [3.8, 4) is 0 Å². The lowest BCUT2D eigenvalue weighted by Crippen LogP contribution is -2.46. The van der Waals surface area contributed by atoms with Gasteiger partial charge in [-0.15, -0.1) is 0 Å². The van der Waals surface area contributed by atoms with Crippen molar-refractivity contribution < 1.29 is 4.79 Å². The van der Waals surface area contributed by atoms with Gasteiger partial charge >= 0.3 is 0 Å². The molecule has 3 atom stereocenters. The average molecular weight is 202 g/mol. The van der Waals surface area contributed by atoms with Crippen LogP contribution in [0.3, 0.4) is 0 Å². The van der Waals surface area contributed by atoms with E-state index in [0.29, 0.717) is 11.3 Å². The number of carbonyl (C=O) groups excluding carboxylic acids is 1. The molecule has 0 bridgehead atoms. The molecular formula is C9H18N2OS. The zero-order chi connectivity index (χ0) is 9.84. The lowest BCUT2D eigenvalue weighted by molar-refractivity contribution is -0.122. The van der Waals surface area contributed by atoms with Gasteiger partial charge in [0.15, 0.2) is 0 Å². The van der Waals surface area contributed by atoms with Crippen molar-refractivity contribution >= 4 is 17.7 Å². The molecule has 1 aliphatic rings. The van der Waals surface area contributed by atoms with Gasteiger partial charge in [0.1, 0.15) is 0 Å². The standard InChI is InChI=1S/C9H18N2OS/c1-6(10)9(12)11-7-4-3-5-8(7)13-2/h6-8H,3-5,10H2,1-2H3,(H,11,12)/t6-,7?,8?/m0/s1. The smallest absolute Gasteiger partial charge is 0.236 e. The Hall–Kier alpha value is -0.220. The summed E-state index contributed by atoms with van der Waals surface area (Å²) in [5, 5.41) is 3.58. The van der Waals surface area contributed by atoms with E-state index in [-0.39, 0.29) is 11.9 Å². The highest BCUT2D eigenvalue weighted by molar-refractivity contribution is 7.99. The van der Waals surface area contributed by atoms with Gasteiger partial charge in [-0.1, -0.05) is 6.42 Å². The second-order valence-electron chi connectivity index (χ2n) is 3.61. The lowest BCUT2D eigenvalue weighted by Gasteiger charge is -2.20. The second-order valence-corrected chi connectivity index (χ2v) is 4.69. The van der Waals surface area contributed by atoms with Crippen LogP contribution in [0.4, 0.5) is 0 Å². The molecule has 0 aliphatic heterocycles. The fraction of sp³-hybridized carbons (Fsp3) is 0.889. The van der Waals surface area contributed by atoms with Crippen LogP contribution in [0, 0.1) is 0 Å². The monoisotopic (exact) mass is 202 g/mol. The summed E-state index contributed by atoms with van der Waals surface area (Å²) >= 11 is 1.84. The largest absolute Gasteiger partial charge is 0.351 e. The first kappa shape index (κ1) is 10.9. The number of nitrogens with one attached hydrogen (secondary N) is 1. The first-order valence-electron chi connectivity index (χ1n) is 4.74. The predicted octanol–water partition coefficient (Wildman–Crippen LogP) is 0.734. The summed E-state index contributed by atoms with van der Waals surface area (Å²) in [6.07, 6.45) is 5.63. The van der Waals surface area contributed by atoms with E-state index in [0.717, 1.165) is 6.42 Å². The van der Waals surface area contributed by atoms with Gasteiger partial charge in [0, 0.05) is 11.3 Å². The molecule has 76 valence electrons. The molecule has 0 spiro atoms. The molecule has 1 fully saturated rings. The molecule has 0 aromatic rings. The molecule has 0 aromatic heterocycles. The van der Waals surface area contributed by atoms with Gasteiger partial charge in [-0.3, -0.25) is 4.79 Å². The van der Waals surface area contributed by atoms with E-state index < -0.39 is 0 Å². The van der Waals surface area contributed by atoms with Gasteiger partial charge in [0.05, 0.1) is 6.04 Å². The highest BCUT2D eigenvalue weighted by Crippen LogP contribution is 2.28. The molecule has 13 heavy (non-hydrogen) atoms. The van der Waals surface area contributed by atoms with Crippen molar-refractivity contribution in [2.24, 2.45) is 5.73 Å². The van der Waals surface area contributed by atoms with Crippen LogP contribution in [0.2, 0.25) is 0 Å². The zero-order valence-electron chi connectivity index (χ0n) is 8.25. The molecule has 3 N–H and O–H groups in total. The molecule has 0 saturated heterocycles. The van der Waals surface area contributed by atoms with Gasteiger partial charge in [-0.25, -0.2) is 0 Å². The van der Waals surface area contributed by atoms with Crippen molar-refractivity contribution in [1.82, 2.24) is 5.32 Å². The van der Waals surface area contributed by atoms with Gasteiger partial charge in [-0.2, -0.15) is 11.8 Å². The first-order chi connectivity index (χ1) is 6.15. The molecular weight excluding hydrogens is 184 g/mol. The maximum Gasteiger partial charge on any atom is 0.236 e. The van der Waals surface area contributed by atoms with Crippen LogP contribution in [0.5, 0.6) is 0 Å². The fourth-order valence-corrected chi connectivity index (χ4v) is 2.62. The van der Waals surface area contributed by atoms with E-state index in [4.69, 9.17) is 5.73 Å². The highest BCUT2D eigenvalue weighted by Gasteiger charge is 2.28. The lowest BCUT2D eigenvalue weighted by atomic mass is 10.2. The number of amides is 1. The summed E-state index contributed by atoms with van der Waals surface area (Å²) in [6.45, 7) is 1.72. The number of carbonyl (C=O) groups is 1. The minimum Gasteiger partial charge on any atom is -0.351 e. The number of nitrogens with two attached hydrogens (primary N) is 1. The summed E-state index contributed by atoms with van der Waals surface area (Å²) in [4.78, 5) is 11.3. The molecule has 1 aliphatic carbocycles. The average Bonchev–Trinajstić information content (AvgIpc) is 2.51. The van der Waals surface area contributed by atoms with Gasteiger partial charge in [0.2, 0.25) is 5.91 Å². The molecule has 0 aromatic carbocycles. The number of hydrogen-bond donors (Lipinski definition) is 2. The third-order valence-corrected chi connectivity index (χ3v) is 3.67. The Morgan fingerprint density at radius 3 is 2.85 bits per heavy atom.